The molecule has 0 aromatic heterocycles. The molecule has 3 nitrogen and oxygen atoms in total. The van der Waals surface area contributed by atoms with Crippen LogP contribution >= 0.6 is 40.0 Å². The second kappa shape index (κ2) is 14.1. The van der Waals surface area contributed by atoms with Crippen LogP contribution in [0.1, 0.15) is 23.6 Å². The molecule has 0 spiro atoms. The van der Waals surface area contributed by atoms with E-state index in [1.165, 1.54) is 11.1 Å². The summed E-state index contributed by atoms with van der Waals surface area (Å²) in [6.07, 6.45) is 4.33. The summed E-state index contributed by atoms with van der Waals surface area (Å²) in [6.45, 7) is 1.95. The van der Waals surface area contributed by atoms with Crippen LogP contribution in [0.4, 0.5) is 0 Å². The molecule has 0 radical (unpaired) electrons. The van der Waals surface area contributed by atoms with E-state index in [0.29, 0.717) is 15.2 Å². The van der Waals surface area contributed by atoms with E-state index in [2.05, 4.69) is 77.2 Å². The Hall–Kier alpha value is -0.0556. The number of halogens is 2. The number of aliphatic hydroxyl groups excluding tert-OH is 2. The van der Waals surface area contributed by atoms with Crippen LogP contribution in [0.2, 0.25) is 0 Å². The standard InChI is InChI=1S/C19H22O3.2HI.V/c1-2-15-3-5-16(6-4-15)7-8-17-9-11-19(12-10-17)22-14-18(21)13-20;;;/h3-12,18,20-21H,2,13-14H2,1H3;2*1H;/q;;;+2/p-2/b8-7+;;;. The zero-order valence-electron chi connectivity index (χ0n) is 14.0. The van der Waals surface area contributed by atoms with Crippen LogP contribution in [-0.4, -0.2) is 29.5 Å². The van der Waals surface area contributed by atoms with Gasteiger partial charge in [-0.15, -0.1) is 0 Å². The number of rotatable bonds is 7. The van der Waals surface area contributed by atoms with Crippen LogP contribution in [0.15, 0.2) is 48.5 Å². The summed E-state index contributed by atoms with van der Waals surface area (Å²) < 4.78 is 5.37. The summed E-state index contributed by atoms with van der Waals surface area (Å²) in [4.78, 5) is 0. The Balaban J connectivity index is 0.000000970. The summed E-state index contributed by atoms with van der Waals surface area (Å²) in [7, 11) is 0.628. The second-order valence-electron chi connectivity index (χ2n) is 5.21. The van der Waals surface area contributed by atoms with Crippen molar-refractivity contribution in [3.05, 3.63) is 65.2 Å². The Bertz CT molecular complexity index is 616. The van der Waals surface area contributed by atoms with Crippen LogP contribution in [0.25, 0.3) is 12.2 Å². The molecule has 0 amide bonds. The first-order valence-electron chi connectivity index (χ1n) is 7.84. The third-order valence-corrected chi connectivity index (χ3v) is 3.39. The average molecular weight is 603 g/mol. The van der Waals surface area contributed by atoms with Gasteiger partial charge in [-0.05, 0) is 35.2 Å². The van der Waals surface area contributed by atoms with Gasteiger partial charge in [-0.2, -0.15) is 0 Å². The van der Waals surface area contributed by atoms with Crippen molar-refractivity contribution in [3.8, 4) is 5.75 Å². The molecule has 25 heavy (non-hydrogen) atoms. The predicted molar refractivity (Wildman–Crippen MR) is 118 cm³/mol. The maximum atomic E-state index is 9.24. The summed E-state index contributed by atoms with van der Waals surface area (Å²) in [5, 5.41) is 18.0. The SMILES string of the molecule is CCc1ccc(/C=C/c2ccc(OCC(O)CO)cc2)cc1.[I][V][I]. The molecule has 2 N–H and O–H groups in total. The van der Waals surface area contributed by atoms with Crippen molar-refractivity contribution >= 4 is 52.1 Å². The molecule has 0 heterocycles. The van der Waals surface area contributed by atoms with Crippen molar-refractivity contribution in [2.75, 3.05) is 13.2 Å². The summed E-state index contributed by atoms with van der Waals surface area (Å²) >= 11 is 4.74. The van der Waals surface area contributed by atoms with E-state index in [4.69, 9.17) is 9.84 Å². The first kappa shape index (κ1) is 23.0. The Kier molecular flexibility index (Phi) is 12.9. The molecule has 1 atom stereocenters. The number of benzene rings is 2. The predicted octanol–water partition coefficient (Wildman–Crippen LogP) is 4.92. The molecule has 0 fully saturated rings. The van der Waals surface area contributed by atoms with Gasteiger partial charge in [0.1, 0.15) is 18.5 Å². The van der Waals surface area contributed by atoms with E-state index >= 15 is 0 Å². The third kappa shape index (κ3) is 10.0. The van der Waals surface area contributed by atoms with Gasteiger partial charge in [0.2, 0.25) is 0 Å². The Morgan fingerprint density at radius 2 is 1.48 bits per heavy atom. The van der Waals surface area contributed by atoms with Gasteiger partial charge in [0.15, 0.2) is 0 Å². The molecule has 0 aliphatic rings. The number of hydrogen-bond acceptors (Lipinski definition) is 3. The van der Waals surface area contributed by atoms with E-state index in [9.17, 15) is 5.11 Å². The summed E-state index contributed by atoms with van der Waals surface area (Å²) in [5.41, 5.74) is 3.59. The van der Waals surface area contributed by atoms with Crippen LogP contribution in [0.3, 0.4) is 0 Å². The topological polar surface area (TPSA) is 49.7 Å². The van der Waals surface area contributed by atoms with Gasteiger partial charge >= 0.3 is 49.4 Å². The van der Waals surface area contributed by atoms with Gasteiger partial charge in [0.05, 0.1) is 6.61 Å². The quantitative estimate of drug-likeness (QED) is 0.350. The van der Waals surface area contributed by atoms with Crippen molar-refractivity contribution in [1.29, 1.82) is 0 Å². The van der Waals surface area contributed by atoms with Gasteiger partial charge in [-0.1, -0.05) is 55.5 Å². The molecule has 0 aliphatic carbocycles. The minimum atomic E-state index is -0.842. The summed E-state index contributed by atoms with van der Waals surface area (Å²) in [5.74, 6) is 0.678. The average Bonchev–Trinajstić information content (AvgIpc) is 2.66. The van der Waals surface area contributed by atoms with E-state index in [0.717, 1.165) is 12.0 Å². The van der Waals surface area contributed by atoms with Crippen molar-refractivity contribution in [2.24, 2.45) is 0 Å². The van der Waals surface area contributed by atoms with Crippen molar-refractivity contribution < 1.29 is 24.4 Å². The number of aryl methyl sites for hydroxylation is 1. The fraction of sp³-hybridized carbons (Fsp3) is 0.263. The van der Waals surface area contributed by atoms with Gasteiger partial charge in [0.25, 0.3) is 0 Å². The molecule has 135 valence electrons. The Morgan fingerprint density at radius 1 is 1.00 bits per heavy atom. The summed E-state index contributed by atoms with van der Waals surface area (Å²) in [6, 6.07) is 16.1. The van der Waals surface area contributed by atoms with Gasteiger partial charge in [-0.25, -0.2) is 0 Å². The van der Waals surface area contributed by atoms with Crippen LogP contribution in [0.5, 0.6) is 5.75 Å². The van der Waals surface area contributed by atoms with E-state index in [1.54, 1.807) is 0 Å². The molecule has 0 saturated heterocycles. The normalized spacial score (nSPS) is 11.6. The van der Waals surface area contributed by atoms with E-state index < -0.39 is 6.10 Å². The minimum absolute atomic E-state index is 0.0927. The van der Waals surface area contributed by atoms with Crippen LogP contribution < -0.4 is 4.74 Å². The van der Waals surface area contributed by atoms with Crippen LogP contribution in [-0.2, 0) is 15.9 Å². The van der Waals surface area contributed by atoms with E-state index in [-0.39, 0.29) is 13.2 Å². The molecule has 1 unspecified atom stereocenters. The Morgan fingerprint density at radius 3 is 1.92 bits per heavy atom. The fourth-order valence-corrected chi connectivity index (χ4v) is 1.98. The van der Waals surface area contributed by atoms with Gasteiger partial charge < -0.3 is 14.9 Å². The first-order chi connectivity index (χ1) is 12.1. The molecule has 2 aromatic rings. The second-order valence-corrected chi connectivity index (χ2v) is 17.0. The number of hydrogen-bond donors (Lipinski definition) is 2. The zero-order chi connectivity index (χ0) is 18.5. The number of aliphatic hydroxyl groups is 2. The van der Waals surface area contributed by atoms with Crippen molar-refractivity contribution in [3.63, 3.8) is 0 Å². The molecule has 0 aliphatic heterocycles. The fourth-order valence-electron chi connectivity index (χ4n) is 1.98. The van der Waals surface area contributed by atoms with Gasteiger partial charge in [0, 0.05) is 0 Å². The maximum absolute atomic E-state index is 9.24. The third-order valence-electron chi connectivity index (χ3n) is 3.39. The van der Waals surface area contributed by atoms with Crippen molar-refractivity contribution in [1.82, 2.24) is 0 Å². The molecule has 2 rings (SSSR count). The molecule has 2 aromatic carbocycles. The van der Waals surface area contributed by atoms with Crippen molar-refractivity contribution in [2.45, 2.75) is 19.4 Å². The molecular weight excluding hydrogens is 581 g/mol. The van der Waals surface area contributed by atoms with E-state index in [1.807, 2.05) is 30.3 Å². The first-order valence-corrected chi connectivity index (χ1v) is 16.8. The zero-order valence-corrected chi connectivity index (χ0v) is 19.7. The Labute approximate surface area is 178 Å². The molecule has 0 bridgehead atoms. The monoisotopic (exact) mass is 603 g/mol. The molecular formula is C19H22I2O3V. The van der Waals surface area contributed by atoms with Crippen LogP contribution in [0, 0.1) is 0 Å². The number of ether oxygens (including phenoxy) is 1. The van der Waals surface area contributed by atoms with Gasteiger partial charge in [-0.3, -0.25) is 0 Å². The molecule has 6 heteroatoms. The molecule has 0 saturated carbocycles.